The molecule has 0 radical (unpaired) electrons. The molecule has 2 aliphatic rings. The highest BCUT2D eigenvalue weighted by Crippen LogP contribution is 2.50. The van der Waals surface area contributed by atoms with Crippen molar-refractivity contribution in [2.24, 2.45) is 0 Å². The van der Waals surface area contributed by atoms with Crippen LogP contribution in [0.15, 0.2) is 24.3 Å². The molecule has 4 heteroatoms. The van der Waals surface area contributed by atoms with Crippen molar-refractivity contribution in [3.63, 3.8) is 0 Å². The number of aliphatic hydroxyl groups is 1. The van der Waals surface area contributed by atoms with Crippen LogP contribution in [0.1, 0.15) is 50.5 Å². The molecule has 0 bridgehead atoms. The van der Waals surface area contributed by atoms with E-state index in [9.17, 15) is 14.3 Å². The van der Waals surface area contributed by atoms with Gasteiger partial charge in [0.15, 0.2) is 0 Å². The van der Waals surface area contributed by atoms with E-state index in [2.05, 4.69) is 0 Å². The summed E-state index contributed by atoms with van der Waals surface area (Å²) in [4.78, 5) is 14.4. The number of amides is 1. The van der Waals surface area contributed by atoms with Crippen LogP contribution in [0.25, 0.3) is 0 Å². The number of nitrogens with zero attached hydrogens (tertiary/aromatic N) is 1. The molecule has 1 amide bonds. The Bertz CT molecular complexity index is 562. The Kier molecular flexibility index (Phi) is 3.98. The summed E-state index contributed by atoms with van der Waals surface area (Å²) in [5, 5.41) is 10.4. The monoisotopic (exact) mass is 305 g/mol. The smallest absolute Gasteiger partial charge is 0.233 e. The summed E-state index contributed by atoms with van der Waals surface area (Å²) in [6.07, 6.45) is 5.81. The zero-order valence-electron chi connectivity index (χ0n) is 13.1. The fraction of sp³-hybridized carbons (Fsp3) is 0.611. The molecule has 0 spiro atoms. The van der Waals surface area contributed by atoms with Crippen LogP contribution in [0.3, 0.4) is 0 Å². The second-order valence-electron chi connectivity index (χ2n) is 6.97. The minimum Gasteiger partial charge on any atom is -0.390 e. The van der Waals surface area contributed by atoms with Gasteiger partial charge in [-0.15, -0.1) is 0 Å². The SMILES string of the molecule is CN(CCC1(O)CCCC1)C(=O)C1(c2ccccc2F)CC1. The molecule has 0 saturated heterocycles. The summed E-state index contributed by atoms with van der Waals surface area (Å²) >= 11 is 0. The summed E-state index contributed by atoms with van der Waals surface area (Å²) in [7, 11) is 1.77. The van der Waals surface area contributed by atoms with Gasteiger partial charge in [0.2, 0.25) is 5.91 Å². The van der Waals surface area contributed by atoms with Gasteiger partial charge in [-0.25, -0.2) is 4.39 Å². The first-order valence-corrected chi connectivity index (χ1v) is 8.20. The van der Waals surface area contributed by atoms with Crippen LogP contribution >= 0.6 is 0 Å². The molecule has 0 aliphatic heterocycles. The van der Waals surface area contributed by atoms with Gasteiger partial charge in [-0.2, -0.15) is 0 Å². The normalized spacial score (nSPS) is 21.6. The number of hydrogen-bond donors (Lipinski definition) is 1. The van der Waals surface area contributed by atoms with E-state index in [0.29, 0.717) is 31.4 Å². The number of halogens is 1. The van der Waals surface area contributed by atoms with Crippen LogP contribution < -0.4 is 0 Å². The summed E-state index contributed by atoms with van der Waals surface area (Å²) in [5.41, 5.74) is -0.756. The number of hydrogen-bond acceptors (Lipinski definition) is 2. The van der Waals surface area contributed by atoms with E-state index in [4.69, 9.17) is 0 Å². The first kappa shape index (κ1) is 15.5. The van der Waals surface area contributed by atoms with Gasteiger partial charge < -0.3 is 10.0 Å². The van der Waals surface area contributed by atoms with Crippen molar-refractivity contribution in [3.05, 3.63) is 35.6 Å². The zero-order chi connectivity index (χ0) is 15.8. The van der Waals surface area contributed by atoms with Gasteiger partial charge in [0.1, 0.15) is 5.82 Å². The maximum absolute atomic E-state index is 14.0. The highest BCUT2D eigenvalue weighted by atomic mass is 19.1. The Balaban J connectivity index is 1.67. The lowest BCUT2D eigenvalue weighted by Crippen LogP contribution is -2.40. The van der Waals surface area contributed by atoms with E-state index in [0.717, 1.165) is 25.7 Å². The van der Waals surface area contributed by atoms with E-state index in [1.807, 2.05) is 0 Å². The van der Waals surface area contributed by atoms with Gasteiger partial charge in [0.25, 0.3) is 0 Å². The van der Waals surface area contributed by atoms with E-state index in [-0.39, 0.29) is 11.7 Å². The number of carbonyl (C=O) groups excluding carboxylic acids is 1. The average molecular weight is 305 g/mol. The van der Waals surface area contributed by atoms with Crippen molar-refractivity contribution in [2.45, 2.75) is 56.0 Å². The van der Waals surface area contributed by atoms with E-state index >= 15 is 0 Å². The topological polar surface area (TPSA) is 40.5 Å². The van der Waals surface area contributed by atoms with E-state index < -0.39 is 11.0 Å². The summed E-state index contributed by atoms with van der Waals surface area (Å²) in [6, 6.07) is 6.58. The predicted octanol–water partition coefficient (Wildman–Crippen LogP) is 3.01. The first-order chi connectivity index (χ1) is 10.5. The molecule has 0 atom stereocenters. The fourth-order valence-corrected chi connectivity index (χ4v) is 3.70. The summed E-state index contributed by atoms with van der Waals surface area (Å²) in [5.74, 6) is -0.310. The summed E-state index contributed by atoms with van der Waals surface area (Å²) in [6.45, 7) is 0.533. The number of benzene rings is 1. The molecular weight excluding hydrogens is 281 g/mol. The van der Waals surface area contributed by atoms with Gasteiger partial charge >= 0.3 is 0 Å². The Labute approximate surface area is 131 Å². The second-order valence-corrected chi connectivity index (χ2v) is 6.97. The molecule has 0 unspecified atom stereocenters. The van der Waals surface area contributed by atoms with Crippen molar-refractivity contribution in [1.29, 1.82) is 0 Å². The van der Waals surface area contributed by atoms with E-state index in [1.165, 1.54) is 6.07 Å². The van der Waals surface area contributed by atoms with Crippen molar-refractivity contribution < 1.29 is 14.3 Å². The quantitative estimate of drug-likeness (QED) is 0.908. The molecule has 0 heterocycles. The Hall–Kier alpha value is -1.42. The molecule has 3 rings (SSSR count). The molecule has 2 saturated carbocycles. The molecule has 3 nitrogen and oxygen atoms in total. The number of likely N-dealkylation sites (N-methyl/N-ethyl adjacent to an activating group) is 1. The molecule has 0 aromatic heterocycles. The molecule has 1 N–H and O–H groups in total. The minimum atomic E-state index is -0.668. The van der Waals surface area contributed by atoms with Gasteiger partial charge in [0, 0.05) is 19.2 Å². The number of carbonyl (C=O) groups is 1. The highest BCUT2D eigenvalue weighted by Gasteiger charge is 2.53. The molecule has 2 fully saturated rings. The van der Waals surface area contributed by atoms with Crippen LogP contribution in [-0.4, -0.2) is 35.1 Å². The van der Waals surface area contributed by atoms with Crippen LogP contribution in [0.4, 0.5) is 4.39 Å². The molecule has 1 aromatic carbocycles. The van der Waals surface area contributed by atoms with Gasteiger partial charge in [-0.1, -0.05) is 31.0 Å². The Morgan fingerprint density at radius 1 is 1.23 bits per heavy atom. The van der Waals surface area contributed by atoms with Crippen LogP contribution in [0, 0.1) is 5.82 Å². The van der Waals surface area contributed by atoms with Gasteiger partial charge in [-0.3, -0.25) is 4.79 Å². The third kappa shape index (κ3) is 2.76. The van der Waals surface area contributed by atoms with E-state index in [1.54, 1.807) is 30.1 Å². The van der Waals surface area contributed by atoms with Crippen LogP contribution in [0.5, 0.6) is 0 Å². The van der Waals surface area contributed by atoms with Crippen molar-refractivity contribution >= 4 is 5.91 Å². The van der Waals surface area contributed by atoms with Gasteiger partial charge in [-0.05, 0) is 38.2 Å². The lowest BCUT2D eigenvalue weighted by molar-refractivity contribution is -0.133. The molecule has 22 heavy (non-hydrogen) atoms. The molecule has 120 valence electrons. The lowest BCUT2D eigenvalue weighted by Gasteiger charge is -2.28. The predicted molar refractivity (Wildman–Crippen MR) is 83.0 cm³/mol. The van der Waals surface area contributed by atoms with Crippen molar-refractivity contribution in [3.8, 4) is 0 Å². The van der Waals surface area contributed by atoms with Gasteiger partial charge in [0.05, 0.1) is 11.0 Å². The lowest BCUT2D eigenvalue weighted by atomic mass is 9.93. The average Bonchev–Trinajstić information content (AvgIpc) is 3.20. The third-order valence-corrected chi connectivity index (χ3v) is 5.34. The van der Waals surface area contributed by atoms with Crippen LogP contribution in [0.2, 0.25) is 0 Å². The standard InChI is InChI=1S/C18H24FNO2/c1-20(13-12-17(22)8-4-5-9-17)16(21)18(10-11-18)14-6-2-3-7-15(14)19/h2-3,6-7,22H,4-5,8-13H2,1H3. The van der Waals surface area contributed by atoms with Crippen molar-refractivity contribution in [2.75, 3.05) is 13.6 Å². The Morgan fingerprint density at radius 2 is 1.86 bits per heavy atom. The van der Waals surface area contributed by atoms with Crippen molar-refractivity contribution in [1.82, 2.24) is 4.90 Å². The minimum absolute atomic E-state index is 0.0146. The molecule has 1 aromatic rings. The number of rotatable bonds is 5. The maximum Gasteiger partial charge on any atom is 0.233 e. The molecule has 2 aliphatic carbocycles. The Morgan fingerprint density at radius 3 is 2.45 bits per heavy atom. The fourth-order valence-electron chi connectivity index (χ4n) is 3.70. The highest BCUT2D eigenvalue weighted by molar-refractivity contribution is 5.91. The maximum atomic E-state index is 14.0. The first-order valence-electron chi connectivity index (χ1n) is 8.20. The summed E-state index contributed by atoms with van der Waals surface area (Å²) < 4.78 is 14.0. The zero-order valence-corrected chi connectivity index (χ0v) is 13.1. The third-order valence-electron chi connectivity index (χ3n) is 5.34. The largest absolute Gasteiger partial charge is 0.390 e. The molecular formula is C18H24FNO2. The van der Waals surface area contributed by atoms with Crippen LogP contribution in [-0.2, 0) is 10.2 Å². The second kappa shape index (κ2) is 5.65.